The molecule has 0 radical (unpaired) electrons. The molecule has 3 heteroatoms. The third-order valence-corrected chi connectivity index (χ3v) is 3.42. The van der Waals surface area contributed by atoms with Crippen LogP contribution in [0.15, 0.2) is 0 Å². The van der Waals surface area contributed by atoms with Crippen LogP contribution in [0.3, 0.4) is 0 Å². The number of hydrogen-bond acceptors (Lipinski definition) is 2. The number of piperazine rings is 1. The van der Waals surface area contributed by atoms with E-state index in [2.05, 4.69) is 10.6 Å². The van der Waals surface area contributed by atoms with Gasteiger partial charge in [-0.05, 0) is 19.3 Å². The summed E-state index contributed by atoms with van der Waals surface area (Å²) in [4.78, 5) is 11.6. The highest BCUT2D eigenvalue weighted by molar-refractivity contribution is 5.82. The van der Waals surface area contributed by atoms with E-state index in [-0.39, 0.29) is 11.9 Å². The molecule has 80 valence electrons. The van der Waals surface area contributed by atoms with Crippen LogP contribution in [0.1, 0.15) is 39.0 Å². The lowest BCUT2D eigenvalue weighted by Gasteiger charge is -2.29. The average molecular weight is 196 g/mol. The minimum absolute atomic E-state index is 0.0781. The Morgan fingerprint density at radius 1 is 1.36 bits per heavy atom. The van der Waals surface area contributed by atoms with Crippen molar-refractivity contribution in [3.05, 3.63) is 0 Å². The van der Waals surface area contributed by atoms with Gasteiger partial charge in [0.1, 0.15) is 0 Å². The van der Waals surface area contributed by atoms with E-state index in [9.17, 15) is 4.79 Å². The summed E-state index contributed by atoms with van der Waals surface area (Å²) in [5.74, 6) is 0.988. The second-order valence-electron chi connectivity index (χ2n) is 4.76. The Morgan fingerprint density at radius 2 is 2.07 bits per heavy atom. The van der Waals surface area contributed by atoms with Crippen molar-refractivity contribution in [2.75, 3.05) is 6.54 Å². The van der Waals surface area contributed by atoms with Gasteiger partial charge in [-0.25, -0.2) is 0 Å². The van der Waals surface area contributed by atoms with Crippen LogP contribution in [-0.4, -0.2) is 24.5 Å². The van der Waals surface area contributed by atoms with E-state index in [1.165, 1.54) is 25.7 Å². The highest BCUT2D eigenvalue weighted by Crippen LogP contribution is 2.28. The molecule has 2 unspecified atom stereocenters. The number of carbonyl (C=O) groups is 1. The van der Waals surface area contributed by atoms with Crippen molar-refractivity contribution in [1.29, 1.82) is 0 Å². The fourth-order valence-corrected chi connectivity index (χ4v) is 2.58. The number of hydrogen-bond donors (Lipinski definition) is 2. The summed E-state index contributed by atoms with van der Waals surface area (Å²) in [5.41, 5.74) is 0. The van der Waals surface area contributed by atoms with Gasteiger partial charge in [0, 0.05) is 12.6 Å². The molecule has 2 rings (SSSR count). The van der Waals surface area contributed by atoms with Crippen molar-refractivity contribution in [3.8, 4) is 0 Å². The van der Waals surface area contributed by atoms with E-state index < -0.39 is 0 Å². The molecular formula is C11H20N2O. The van der Waals surface area contributed by atoms with Crippen molar-refractivity contribution in [2.45, 2.75) is 51.1 Å². The third-order valence-electron chi connectivity index (χ3n) is 3.42. The van der Waals surface area contributed by atoms with Gasteiger partial charge < -0.3 is 10.6 Å². The summed E-state index contributed by atoms with van der Waals surface area (Å²) in [6.45, 7) is 2.96. The molecule has 3 nitrogen and oxygen atoms in total. The van der Waals surface area contributed by atoms with E-state index in [0.717, 1.165) is 18.9 Å². The summed E-state index contributed by atoms with van der Waals surface area (Å²) in [6, 6.07) is 0.372. The molecule has 0 aromatic rings. The standard InChI is InChI=1S/C11H20N2O/c1-8-7-12-10(11(14)13-8)6-9-4-2-3-5-9/h8-10,12H,2-7H2,1H3,(H,13,14). The van der Waals surface area contributed by atoms with Gasteiger partial charge in [0.2, 0.25) is 5.91 Å². The summed E-state index contributed by atoms with van der Waals surface area (Å²) >= 11 is 0. The van der Waals surface area contributed by atoms with Gasteiger partial charge in [-0.3, -0.25) is 4.79 Å². The molecular weight excluding hydrogens is 176 g/mol. The molecule has 0 bridgehead atoms. The molecule has 1 saturated carbocycles. The van der Waals surface area contributed by atoms with Gasteiger partial charge in [-0.2, -0.15) is 0 Å². The molecule has 1 amide bonds. The molecule has 1 heterocycles. The largest absolute Gasteiger partial charge is 0.351 e. The SMILES string of the molecule is CC1CNC(CC2CCCC2)C(=O)N1. The first kappa shape index (κ1) is 9.97. The maximum Gasteiger partial charge on any atom is 0.237 e. The van der Waals surface area contributed by atoms with Gasteiger partial charge in [0.05, 0.1) is 6.04 Å². The molecule has 1 aliphatic carbocycles. The third kappa shape index (κ3) is 2.27. The summed E-state index contributed by atoms with van der Waals surface area (Å²) in [6.07, 6.45) is 6.39. The zero-order chi connectivity index (χ0) is 9.97. The van der Waals surface area contributed by atoms with Crippen molar-refractivity contribution in [1.82, 2.24) is 10.6 Å². The lowest BCUT2D eigenvalue weighted by Crippen LogP contribution is -2.57. The molecule has 1 aliphatic heterocycles. The Hall–Kier alpha value is -0.570. The molecule has 0 aromatic heterocycles. The maximum atomic E-state index is 11.6. The fraction of sp³-hybridized carbons (Fsp3) is 0.909. The lowest BCUT2D eigenvalue weighted by molar-refractivity contribution is -0.125. The van der Waals surface area contributed by atoms with E-state index in [1.807, 2.05) is 6.92 Å². The Balaban J connectivity index is 1.82. The van der Waals surface area contributed by atoms with Gasteiger partial charge >= 0.3 is 0 Å². The predicted molar refractivity (Wildman–Crippen MR) is 56.0 cm³/mol. The summed E-state index contributed by atoms with van der Waals surface area (Å²) in [5, 5.41) is 6.34. The molecule has 2 N–H and O–H groups in total. The molecule has 0 aromatic carbocycles. The van der Waals surface area contributed by atoms with Gasteiger partial charge in [0.15, 0.2) is 0 Å². The number of rotatable bonds is 2. The summed E-state index contributed by atoms with van der Waals surface area (Å²) in [7, 11) is 0. The first-order chi connectivity index (χ1) is 6.75. The second-order valence-corrected chi connectivity index (χ2v) is 4.76. The Kier molecular flexibility index (Phi) is 3.06. The van der Waals surface area contributed by atoms with E-state index >= 15 is 0 Å². The lowest BCUT2D eigenvalue weighted by atomic mass is 9.96. The second kappa shape index (κ2) is 4.30. The minimum Gasteiger partial charge on any atom is -0.351 e. The Morgan fingerprint density at radius 3 is 2.71 bits per heavy atom. The maximum absolute atomic E-state index is 11.6. The number of amides is 1. The molecule has 14 heavy (non-hydrogen) atoms. The van der Waals surface area contributed by atoms with Gasteiger partial charge in [-0.1, -0.05) is 25.7 Å². The van der Waals surface area contributed by atoms with Crippen LogP contribution in [0.5, 0.6) is 0 Å². The highest BCUT2D eigenvalue weighted by Gasteiger charge is 2.28. The van der Waals surface area contributed by atoms with Crippen molar-refractivity contribution < 1.29 is 4.79 Å². The molecule has 1 saturated heterocycles. The number of carbonyl (C=O) groups excluding carboxylic acids is 1. The highest BCUT2D eigenvalue weighted by atomic mass is 16.2. The predicted octanol–water partition coefficient (Wildman–Crippen LogP) is 1.04. The fourth-order valence-electron chi connectivity index (χ4n) is 2.58. The van der Waals surface area contributed by atoms with Crippen LogP contribution in [0.2, 0.25) is 0 Å². The van der Waals surface area contributed by atoms with E-state index in [1.54, 1.807) is 0 Å². The average Bonchev–Trinajstić information content (AvgIpc) is 2.62. The zero-order valence-electron chi connectivity index (χ0n) is 8.88. The smallest absolute Gasteiger partial charge is 0.237 e. The Labute approximate surface area is 85.6 Å². The van der Waals surface area contributed by atoms with Crippen LogP contribution in [0.25, 0.3) is 0 Å². The molecule has 2 atom stereocenters. The van der Waals surface area contributed by atoms with Crippen LogP contribution in [0.4, 0.5) is 0 Å². The first-order valence-corrected chi connectivity index (χ1v) is 5.79. The van der Waals surface area contributed by atoms with E-state index in [0.29, 0.717) is 6.04 Å². The molecule has 2 fully saturated rings. The van der Waals surface area contributed by atoms with Crippen LogP contribution in [-0.2, 0) is 4.79 Å². The van der Waals surface area contributed by atoms with Crippen LogP contribution >= 0.6 is 0 Å². The first-order valence-electron chi connectivity index (χ1n) is 5.79. The molecule has 2 aliphatic rings. The molecule has 0 spiro atoms. The van der Waals surface area contributed by atoms with E-state index in [4.69, 9.17) is 0 Å². The van der Waals surface area contributed by atoms with Crippen molar-refractivity contribution in [3.63, 3.8) is 0 Å². The topological polar surface area (TPSA) is 41.1 Å². The normalized spacial score (nSPS) is 34.5. The van der Waals surface area contributed by atoms with Crippen molar-refractivity contribution in [2.24, 2.45) is 5.92 Å². The zero-order valence-corrected chi connectivity index (χ0v) is 8.88. The van der Waals surface area contributed by atoms with Crippen LogP contribution in [0, 0.1) is 5.92 Å². The van der Waals surface area contributed by atoms with Gasteiger partial charge in [-0.15, -0.1) is 0 Å². The monoisotopic (exact) mass is 196 g/mol. The quantitative estimate of drug-likeness (QED) is 0.693. The van der Waals surface area contributed by atoms with Gasteiger partial charge in [0.25, 0.3) is 0 Å². The summed E-state index contributed by atoms with van der Waals surface area (Å²) < 4.78 is 0. The number of nitrogens with one attached hydrogen (secondary N) is 2. The van der Waals surface area contributed by atoms with Crippen LogP contribution < -0.4 is 10.6 Å². The minimum atomic E-state index is 0.0781. The van der Waals surface area contributed by atoms with Crippen molar-refractivity contribution >= 4 is 5.91 Å². The Bertz CT molecular complexity index is 211.